The van der Waals surface area contributed by atoms with Crippen LogP contribution in [0.5, 0.6) is 0 Å². The van der Waals surface area contributed by atoms with E-state index in [-0.39, 0.29) is 17.0 Å². The van der Waals surface area contributed by atoms with Crippen LogP contribution in [0.4, 0.5) is 4.39 Å². The quantitative estimate of drug-likeness (QED) is 0.891. The molecule has 3 N–H and O–H groups in total. The van der Waals surface area contributed by atoms with Gasteiger partial charge in [0, 0.05) is 24.7 Å². The van der Waals surface area contributed by atoms with Gasteiger partial charge in [-0.2, -0.15) is 5.10 Å². The second-order valence-electron chi connectivity index (χ2n) is 5.42. The fraction of sp³-hybridized carbons (Fsp3) is 0.333. The number of nitrogens with two attached hydrogens (primary N) is 1. The monoisotopic (exact) mass is 322 g/mol. The Hall–Kier alpha value is -1.92. The molecule has 0 spiro atoms. The van der Waals surface area contributed by atoms with Crippen molar-refractivity contribution >= 4 is 17.5 Å². The summed E-state index contributed by atoms with van der Waals surface area (Å²) in [7, 11) is 0. The summed E-state index contributed by atoms with van der Waals surface area (Å²) in [5, 5.41) is 6.75. The first-order valence-electron chi connectivity index (χ1n) is 7.10. The van der Waals surface area contributed by atoms with Gasteiger partial charge in [0.15, 0.2) is 0 Å². The number of aromatic nitrogens is 2. The number of H-pyrrole nitrogens is 1. The normalized spacial score (nSPS) is 16.0. The van der Waals surface area contributed by atoms with E-state index in [4.69, 9.17) is 17.3 Å². The van der Waals surface area contributed by atoms with E-state index in [0.717, 1.165) is 12.8 Å². The Balaban J connectivity index is 1.88. The summed E-state index contributed by atoms with van der Waals surface area (Å²) in [4.78, 5) is 14.4. The van der Waals surface area contributed by atoms with E-state index in [1.54, 1.807) is 11.0 Å². The number of rotatable bonds is 2. The summed E-state index contributed by atoms with van der Waals surface area (Å²) in [6, 6.07) is 4.47. The van der Waals surface area contributed by atoms with Crippen molar-refractivity contribution in [3.05, 3.63) is 40.8 Å². The third-order valence-electron chi connectivity index (χ3n) is 3.90. The molecule has 1 aliphatic heterocycles. The molecule has 5 nitrogen and oxygen atoms in total. The molecule has 1 amide bonds. The lowest BCUT2D eigenvalue weighted by molar-refractivity contribution is 0.0715. The van der Waals surface area contributed by atoms with E-state index in [2.05, 4.69) is 10.2 Å². The molecule has 3 rings (SSSR count). The summed E-state index contributed by atoms with van der Waals surface area (Å²) >= 11 is 5.81. The van der Waals surface area contributed by atoms with Gasteiger partial charge in [-0.1, -0.05) is 11.6 Å². The van der Waals surface area contributed by atoms with Crippen molar-refractivity contribution in [2.75, 3.05) is 13.1 Å². The number of hydrogen-bond acceptors (Lipinski definition) is 3. The summed E-state index contributed by atoms with van der Waals surface area (Å²) in [5.41, 5.74) is 7.49. The summed E-state index contributed by atoms with van der Waals surface area (Å²) < 4.78 is 13.3. The van der Waals surface area contributed by atoms with Crippen molar-refractivity contribution in [3.8, 4) is 11.3 Å². The van der Waals surface area contributed by atoms with Gasteiger partial charge in [-0.25, -0.2) is 4.39 Å². The number of nitrogens with one attached hydrogen (secondary N) is 1. The van der Waals surface area contributed by atoms with E-state index in [1.807, 2.05) is 0 Å². The molecule has 7 heteroatoms. The largest absolute Gasteiger partial charge is 0.338 e. The molecule has 2 heterocycles. The third-order valence-corrected chi connectivity index (χ3v) is 4.19. The number of hydrogen-bond donors (Lipinski definition) is 2. The highest BCUT2D eigenvalue weighted by molar-refractivity contribution is 6.31. The Morgan fingerprint density at radius 1 is 1.41 bits per heavy atom. The van der Waals surface area contributed by atoms with Crippen molar-refractivity contribution in [1.29, 1.82) is 0 Å². The third kappa shape index (κ3) is 2.84. The van der Waals surface area contributed by atoms with Crippen LogP contribution < -0.4 is 5.73 Å². The molecule has 1 fully saturated rings. The second-order valence-corrected chi connectivity index (χ2v) is 5.82. The minimum atomic E-state index is -0.497. The number of carbonyl (C=O) groups is 1. The van der Waals surface area contributed by atoms with Crippen molar-refractivity contribution in [1.82, 2.24) is 15.1 Å². The van der Waals surface area contributed by atoms with Crippen LogP contribution in [0, 0.1) is 5.82 Å². The average Bonchev–Trinajstić information content (AvgIpc) is 2.99. The summed E-state index contributed by atoms with van der Waals surface area (Å²) in [5.74, 6) is -0.598. The van der Waals surface area contributed by atoms with Crippen LogP contribution in [-0.2, 0) is 0 Å². The van der Waals surface area contributed by atoms with Gasteiger partial charge in [0.2, 0.25) is 0 Å². The van der Waals surface area contributed by atoms with Gasteiger partial charge >= 0.3 is 0 Å². The molecule has 0 bridgehead atoms. The van der Waals surface area contributed by atoms with Gasteiger partial charge < -0.3 is 10.6 Å². The SMILES string of the molecule is NC1CCN(C(=O)c2cn[nH]c2-c2ccc(F)c(Cl)c2)CC1. The smallest absolute Gasteiger partial charge is 0.257 e. The Morgan fingerprint density at radius 2 is 2.14 bits per heavy atom. The van der Waals surface area contributed by atoms with Crippen LogP contribution in [-0.4, -0.2) is 40.1 Å². The molecule has 0 atom stereocenters. The molecule has 22 heavy (non-hydrogen) atoms. The first kappa shape index (κ1) is 15.0. The topological polar surface area (TPSA) is 75.0 Å². The molecule has 116 valence electrons. The minimum absolute atomic E-state index is 0.00875. The minimum Gasteiger partial charge on any atom is -0.338 e. The fourth-order valence-corrected chi connectivity index (χ4v) is 2.77. The maximum atomic E-state index is 13.3. The number of aromatic amines is 1. The molecular formula is C15H16ClFN4O. The Morgan fingerprint density at radius 3 is 2.82 bits per heavy atom. The zero-order valence-corrected chi connectivity index (χ0v) is 12.6. The number of carbonyl (C=O) groups excluding carboxylic acids is 1. The molecular weight excluding hydrogens is 307 g/mol. The Bertz CT molecular complexity index is 695. The summed E-state index contributed by atoms with van der Waals surface area (Å²) in [6.07, 6.45) is 3.08. The van der Waals surface area contributed by atoms with E-state index in [9.17, 15) is 9.18 Å². The lowest BCUT2D eigenvalue weighted by Crippen LogP contribution is -2.42. The zero-order valence-electron chi connectivity index (χ0n) is 11.9. The van der Waals surface area contributed by atoms with E-state index < -0.39 is 5.82 Å². The maximum Gasteiger partial charge on any atom is 0.257 e. The van der Waals surface area contributed by atoms with Crippen molar-refractivity contribution < 1.29 is 9.18 Å². The number of nitrogens with zero attached hydrogens (tertiary/aromatic N) is 2. The highest BCUT2D eigenvalue weighted by Gasteiger charge is 2.25. The number of piperidine rings is 1. The Kier molecular flexibility index (Phi) is 4.13. The van der Waals surface area contributed by atoms with Crippen LogP contribution in [0.25, 0.3) is 11.3 Å². The van der Waals surface area contributed by atoms with E-state index in [0.29, 0.717) is 29.9 Å². The number of benzene rings is 1. The molecule has 1 aliphatic rings. The first-order chi connectivity index (χ1) is 10.6. The number of halogens is 2. The maximum absolute atomic E-state index is 13.3. The lowest BCUT2D eigenvalue weighted by atomic mass is 10.0. The van der Waals surface area contributed by atoms with Crippen molar-refractivity contribution in [2.24, 2.45) is 5.73 Å². The standard InChI is InChI=1S/C15H16ClFN4O/c16-12-7-9(1-2-13(12)17)14-11(8-19-20-14)15(22)21-5-3-10(18)4-6-21/h1-2,7-8,10H,3-6,18H2,(H,19,20). The molecule has 2 aromatic rings. The number of amides is 1. The Labute approximate surface area is 132 Å². The predicted octanol–water partition coefficient (Wildman–Crippen LogP) is 2.43. The van der Waals surface area contributed by atoms with Gasteiger partial charge in [-0.15, -0.1) is 0 Å². The zero-order chi connectivity index (χ0) is 15.7. The second kappa shape index (κ2) is 6.06. The molecule has 0 saturated carbocycles. The molecule has 0 unspecified atom stereocenters. The first-order valence-corrected chi connectivity index (χ1v) is 7.47. The molecule has 1 saturated heterocycles. The van der Waals surface area contributed by atoms with E-state index in [1.165, 1.54) is 18.3 Å². The van der Waals surface area contributed by atoms with Gasteiger partial charge in [0.1, 0.15) is 5.82 Å². The highest BCUT2D eigenvalue weighted by Crippen LogP contribution is 2.27. The number of likely N-dealkylation sites (tertiary alicyclic amines) is 1. The van der Waals surface area contributed by atoms with Crippen LogP contribution in [0.15, 0.2) is 24.4 Å². The van der Waals surface area contributed by atoms with E-state index >= 15 is 0 Å². The van der Waals surface area contributed by atoms with Crippen LogP contribution in [0.1, 0.15) is 23.2 Å². The molecule has 1 aromatic carbocycles. The van der Waals surface area contributed by atoms with Gasteiger partial charge in [0.25, 0.3) is 5.91 Å². The fourth-order valence-electron chi connectivity index (χ4n) is 2.59. The van der Waals surface area contributed by atoms with Crippen LogP contribution in [0.2, 0.25) is 5.02 Å². The van der Waals surface area contributed by atoms with Gasteiger partial charge in [-0.05, 0) is 31.0 Å². The lowest BCUT2D eigenvalue weighted by Gasteiger charge is -2.30. The highest BCUT2D eigenvalue weighted by atomic mass is 35.5. The van der Waals surface area contributed by atoms with Gasteiger partial charge in [-0.3, -0.25) is 9.89 Å². The molecule has 1 aromatic heterocycles. The van der Waals surface area contributed by atoms with Crippen LogP contribution >= 0.6 is 11.6 Å². The van der Waals surface area contributed by atoms with Crippen molar-refractivity contribution in [2.45, 2.75) is 18.9 Å². The van der Waals surface area contributed by atoms with Gasteiger partial charge in [0.05, 0.1) is 22.5 Å². The molecule has 0 aliphatic carbocycles. The van der Waals surface area contributed by atoms with Crippen LogP contribution in [0.3, 0.4) is 0 Å². The molecule has 0 radical (unpaired) electrons. The van der Waals surface area contributed by atoms with Crippen molar-refractivity contribution in [3.63, 3.8) is 0 Å². The summed E-state index contributed by atoms with van der Waals surface area (Å²) in [6.45, 7) is 1.27. The predicted molar refractivity (Wildman–Crippen MR) is 82.1 cm³/mol. The average molecular weight is 323 g/mol.